The zero-order valence-electron chi connectivity index (χ0n) is 8.60. The van der Waals surface area contributed by atoms with Crippen LogP contribution in [-0.4, -0.2) is 20.0 Å². The van der Waals surface area contributed by atoms with E-state index in [0.29, 0.717) is 9.87 Å². The molecule has 80 valence electrons. The van der Waals surface area contributed by atoms with E-state index >= 15 is 0 Å². The molecule has 2 rings (SSSR count). The number of nitrogens with zero attached hydrogens (tertiary/aromatic N) is 3. The molecule has 0 amide bonds. The number of aromatic nitrogens is 4. The highest BCUT2D eigenvalue weighted by Gasteiger charge is 2.09. The van der Waals surface area contributed by atoms with Crippen LogP contribution in [0.15, 0.2) is 12.3 Å². The summed E-state index contributed by atoms with van der Waals surface area (Å²) in [6.07, 6.45) is 1.79. The lowest BCUT2D eigenvalue weighted by Crippen LogP contribution is -2.07. The average molecular weight is 240 g/mol. The Kier molecular flexibility index (Phi) is 2.97. The second-order valence-corrected chi connectivity index (χ2v) is 5.38. The second kappa shape index (κ2) is 4.24. The first kappa shape index (κ1) is 10.5. The maximum atomic E-state index is 5.01. The van der Waals surface area contributed by atoms with Crippen molar-refractivity contribution in [3.05, 3.63) is 16.2 Å². The van der Waals surface area contributed by atoms with Crippen LogP contribution in [0.25, 0.3) is 10.7 Å². The van der Waals surface area contributed by atoms with Gasteiger partial charge in [-0.25, -0.2) is 0 Å². The Morgan fingerprint density at radius 2 is 2.40 bits per heavy atom. The van der Waals surface area contributed by atoms with Gasteiger partial charge in [0.25, 0.3) is 0 Å². The topological polar surface area (TPSA) is 46.5 Å². The van der Waals surface area contributed by atoms with Crippen LogP contribution in [-0.2, 0) is 6.54 Å². The molecule has 2 aromatic rings. The van der Waals surface area contributed by atoms with Gasteiger partial charge < -0.3 is 0 Å². The van der Waals surface area contributed by atoms with E-state index in [2.05, 4.69) is 29.1 Å². The van der Waals surface area contributed by atoms with Gasteiger partial charge in [0.1, 0.15) is 0 Å². The largest absolute Gasteiger partial charge is 0.262 e. The Hall–Kier alpha value is -1.01. The summed E-state index contributed by atoms with van der Waals surface area (Å²) in [6.45, 7) is 5.23. The monoisotopic (exact) mass is 240 g/mol. The van der Waals surface area contributed by atoms with Crippen molar-refractivity contribution >= 4 is 23.6 Å². The van der Waals surface area contributed by atoms with Gasteiger partial charge in [-0.2, -0.15) is 10.2 Å². The van der Waals surface area contributed by atoms with E-state index in [0.717, 1.165) is 17.2 Å². The van der Waals surface area contributed by atoms with Gasteiger partial charge in [0.05, 0.1) is 5.69 Å². The summed E-state index contributed by atoms with van der Waals surface area (Å²) in [5.41, 5.74) is 1.03. The lowest BCUT2D eigenvalue weighted by atomic mass is 10.2. The van der Waals surface area contributed by atoms with Crippen LogP contribution in [0.5, 0.6) is 0 Å². The molecule has 0 saturated carbocycles. The molecular weight excluding hydrogens is 228 g/mol. The third-order valence-corrected chi connectivity index (χ3v) is 3.02. The molecule has 2 heterocycles. The first-order valence-corrected chi connectivity index (χ1v) is 5.97. The quantitative estimate of drug-likeness (QED) is 0.839. The molecule has 0 aliphatic carbocycles. The van der Waals surface area contributed by atoms with Gasteiger partial charge in [-0.05, 0) is 24.2 Å². The minimum absolute atomic E-state index is 0.565. The fourth-order valence-electron chi connectivity index (χ4n) is 1.35. The molecule has 0 spiro atoms. The van der Waals surface area contributed by atoms with E-state index in [1.807, 2.05) is 10.7 Å². The van der Waals surface area contributed by atoms with Crippen molar-refractivity contribution < 1.29 is 0 Å². The zero-order valence-corrected chi connectivity index (χ0v) is 10.2. The summed E-state index contributed by atoms with van der Waals surface area (Å²) in [7, 11) is 0. The van der Waals surface area contributed by atoms with Crippen LogP contribution in [0.1, 0.15) is 13.8 Å². The van der Waals surface area contributed by atoms with Gasteiger partial charge in [0.15, 0.2) is 8.96 Å². The highest BCUT2D eigenvalue weighted by molar-refractivity contribution is 7.73. The molecule has 2 aromatic heterocycles. The predicted molar refractivity (Wildman–Crippen MR) is 63.4 cm³/mol. The lowest BCUT2D eigenvalue weighted by Gasteiger charge is -2.07. The second-order valence-electron chi connectivity index (χ2n) is 3.71. The number of hydrogen-bond donors (Lipinski definition) is 1. The molecule has 1 N–H and O–H groups in total. The summed E-state index contributed by atoms with van der Waals surface area (Å²) in [4.78, 5) is 0. The molecule has 0 bridgehead atoms. The summed E-state index contributed by atoms with van der Waals surface area (Å²) in [5, 5.41) is 12.1. The van der Waals surface area contributed by atoms with Crippen LogP contribution >= 0.6 is 23.6 Å². The number of rotatable bonds is 3. The van der Waals surface area contributed by atoms with Gasteiger partial charge in [-0.3, -0.25) is 9.78 Å². The van der Waals surface area contributed by atoms with Crippen molar-refractivity contribution in [2.45, 2.75) is 20.4 Å². The molecule has 6 heteroatoms. The molecule has 0 atom stereocenters. The predicted octanol–water partition coefficient (Wildman–Crippen LogP) is 2.72. The number of nitrogens with one attached hydrogen (secondary N) is 1. The third kappa shape index (κ3) is 2.32. The van der Waals surface area contributed by atoms with E-state index in [9.17, 15) is 0 Å². The van der Waals surface area contributed by atoms with E-state index < -0.39 is 0 Å². The van der Waals surface area contributed by atoms with Crippen LogP contribution in [0.4, 0.5) is 0 Å². The molecule has 0 aromatic carbocycles. The van der Waals surface area contributed by atoms with Crippen molar-refractivity contribution in [1.29, 1.82) is 0 Å². The molecule has 0 aliphatic rings. The van der Waals surface area contributed by atoms with Crippen LogP contribution in [0, 0.1) is 9.87 Å². The first-order valence-electron chi connectivity index (χ1n) is 4.74. The number of hydrogen-bond acceptors (Lipinski definition) is 4. The molecule has 0 aliphatic heterocycles. The lowest BCUT2D eigenvalue weighted by molar-refractivity contribution is 0.487. The van der Waals surface area contributed by atoms with E-state index in [1.165, 1.54) is 11.3 Å². The van der Waals surface area contributed by atoms with E-state index in [-0.39, 0.29) is 0 Å². The van der Waals surface area contributed by atoms with E-state index in [1.54, 1.807) is 6.20 Å². The highest BCUT2D eigenvalue weighted by Crippen LogP contribution is 2.21. The highest BCUT2D eigenvalue weighted by atomic mass is 32.1. The fourth-order valence-corrected chi connectivity index (χ4v) is 2.26. The van der Waals surface area contributed by atoms with Crippen molar-refractivity contribution in [3.63, 3.8) is 0 Å². The maximum absolute atomic E-state index is 5.01. The summed E-state index contributed by atoms with van der Waals surface area (Å²) in [6, 6.07) is 1.96. The Bertz CT molecular complexity index is 494. The molecule has 0 unspecified atom stereocenters. The van der Waals surface area contributed by atoms with Gasteiger partial charge in [0.2, 0.25) is 0 Å². The van der Waals surface area contributed by atoms with Gasteiger partial charge in [0, 0.05) is 12.7 Å². The Morgan fingerprint density at radius 3 is 3.00 bits per heavy atom. The van der Waals surface area contributed by atoms with Crippen molar-refractivity contribution in [2.24, 2.45) is 5.92 Å². The van der Waals surface area contributed by atoms with Gasteiger partial charge in [-0.1, -0.05) is 25.2 Å². The van der Waals surface area contributed by atoms with E-state index in [4.69, 9.17) is 12.2 Å². The third-order valence-electron chi connectivity index (χ3n) is 1.91. The van der Waals surface area contributed by atoms with Crippen LogP contribution in [0.2, 0.25) is 0 Å². The standard InChI is InChI=1S/C9H12N4S2/c1-6(2)5-13-7(3-4-10-13)8-11-12-9(14)15-8/h3-4,6H,5H2,1-2H3,(H,12,14). The first-order chi connectivity index (χ1) is 7.16. The molecule has 0 radical (unpaired) electrons. The van der Waals surface area contributed by atoms with Crippen molar-refractivity contribution in [3.8, 4) is 10.7 Å². The average Bonchev–Trinajstić information content (AvgIpc) is 2.72. The van der Waals surface area contributed by atoms with Crippen LogP contribution < -0.4 is 0 Å². The van der Waals surface area contributed by atoms with Gasteiger partial charge >= 0.3 is 0 Å². The molecule has 0 fully saturated rings. The van der Waals surface area contributed by atoms with Crippen molar-refractivity contribution in [2.75, 3.05) is 0 Å². The molecular formula is C9H12N4S2. The minimum atomic E-state index is 0.565. The Labute approximate surface area is 97.0 Å². The SMILES string of the molecule is CC(C)Cn1nccc1-c1n[nH]c(=S)s1. The smallest absolute Gasteiger partial charge is 0.176 e. The fraction of sp³-hybridized carbons (Fsp3) is 0.444. The van der Waals surface area contributed by atoms with Gasteiger partial charge in [-0.15, -0.1) is 0 Å². The summed E-state index contributed by atoms with van der Waals surface area (Å²) in [5.74, 6) is 0.565. The van der Waals surface area contributed by atoms with Crippen LogP contribution in [0.3, 0.4) is 0 Å². The maximum Gasteiger partial charge on any atom is 0.176 e. The zero-order chi connectivity index (χ0) is 10.8. The summed E-state index contributed by atoms with van der Waals surface area (Å²) >= 11 is 6.48. The molecule has 4 nitrogen and oxygen atoms in total. The molecule has 15 heavy (non-hydrogen) atoms. The summed E-state index contributed by atoms with van der Waals surface area (Å²) < 4.78 is 2.66. The normalized spacial score (nSPS) is 11.1. The number of aromatic amines is 1. The minimum Gasteiger partial charge on any atom is -0.262 e. The molecule has 0 saturated heterocycles. The number of H-pyrrole nitrogens is 1. The Balaban J connectivity index is 2.36. The Morgan fingerprint density at radius 1 is 1.60 bits per heavy atom. The van der Waals surface area contributed by atoms with Crippen molar-refractivity contribution in [1.82, 2.24) is 20.0 Å².